The molecule has 0 aliphatic rings. The predicted molar refractivity (Wildman–Crippen MR) is 83.2 cm³/mol. The van der Waals surface area contributed by atoms with Gasteiger partial charge in [-0.05, 0) is 19.5 Å². The number of ether oxygens (including phenoxy) is 1. The van der Waals surface area contributed by atoms with Crippen molar-refractivity contribution in [3.8, 4) is 0 Å². The molecule has 0 aliphatic heterocycles. The first-order valence-corrected chi connectivity index (χ1v) is 7.66. The number of benzene rings is 1. The number of carbonyl (C=O) groups is 1. The van der Waals surface area contributed by atoms with Crippen LogP contribution in [0.4, 0.5) is 0 Å². The first kappa shape index (κ1) is 16.9. The molecule has 0 N–H and O–H groups in total. The Balaban J connectivity index is 2.72. The summed E-state index contributed by atoms with van der Waals surface area (Å²) in [6.45, 7) is 9.55. The summed E-state index contributed by atoms with van der Waals surface area (Å²) in [5.74, 6) is 0.0913. The lowest BCUT2D eigenvalue weighted by atomic mass is 10.1. The fourth-order valence-electron chi connectivity index (χ4n) is 2.09. The van der Waals surface area contributed by atoms with Crippen molar-refractivity contribution in [2.45, 2.75) is 39.7 Å². The summed E-state index contributed by atoms with van der Waals surface area (Å²) >= 11 is 0. The van der Waals surface area contributed by atoms with Gasteiger partial charge in [0.2, 0.25) is 0 Å². The minimum atomic E-state index is -0.358. The van der Waals surface area contributed by atoms with Crippen LogP contribution in [0.3, 0.4) is 0 Å². The topological polar surface area (TPSA) is 29.5 Å². The van der Waals surface area contributed by atoms with Gasteiger partial charge in [0, 0.05) is 18.7 Å². The molecule has 0 saturated carbocycles. The third-order valence-electron chi connectivity index (χ3n) is 3.49. The van der Waals surface area contributed by atoms with E-state index in [0.29, 0.717) is 13.2 Å². The summed E-state index contributed by atoms with van der Waals surface area (Å²) in [5.41, 5.74) is 0.737. The van der Waals surface area contributed by atoms with Gasteiger partial charge in [-0.2, -0.15) is 0 Å². The maximum Gasteiger partial charge on any atom is 0.192 e. The minimum absolute atomic E-state index is 0.0913. The van der Waals surface area contributed by atoms with Gasteiger partial charge in [0.25, 0.3) is 0 Å². The fourth-order valence-corrected chi connectivity index (χ4v) is 2.09. The van der Waals surface area contributed by atoms with Crippen molar-refractivity contribution in [1.29, 1.82) is 0 Å². The third kappa shape index (κ3) is 5.43. The van der Waals surface area contributed by atoms with E-state index in [-0.39, 0.29) is 11.9 Å². The molecule has 3 nitrogen and oxygen atoms in total. The van der Waals surface area contributed by atoms with Crippen LogP contribution in [0, 0.1) is 0 Å². The number of hydrogen-bond acceptors (Lipinski definition) is 3. The van der Waals surface area contributed by atoms with Gasteiger partial charge in [-0.25, -0.2) is 0 Å². The molecule has 0 aromatic heterocycles. The van der Waals surface area contributed by atoms with E-state index >= 15 is 0 Å². The molecule has 0 heterocycles. The molecule has 20 heavy (non-hydrogen) atoms. The van der Waals surface area contributed by atoms with Gasteiger partial charge in [0.05, 0.1) is 0 Å². The van der Waals surface area contributed by atoms with Crippen molar-refractivity contribution in [3.05, 3.63) is 35.9 Å². The Morgan fingerprint density at radius 1 is 1.15 bits per heavy atom. The van der Waals surface area contributed by atoms with Crippen molar-refractivity contribution in [1.82, 2.24) is 4.90 Å². The number of likely N-dealkylation sites (N-methyl/N-ethyl adjacent to an activating group) is 1. The van der Waals surface area contributed by atoms with Gasteiger partial charge in [0.15, 0.2) is 5.78 Å². The van der Waals surface area contributed by atoms with Gasteiger partial charge in [-0.3, -0.25) is 4.79 Å². The molecule has 3 heteroatoms. The van der Waals surface area contributed by atoms with Crippen LogP contribution >= 0.6 is 0 Å². The molecule has 1 aromatic rings. The van der Waals surface area contributed by atoms with Gasteiger partial charge in [-0.1, -0.05) is 57.5 Å². The number of unbranched alkanes of at least 4 members (excludes halogenated alkanes) is 1. The number of nitrogens with zero attached hydrogens (tertiary/aromatic N) is 1. The molecular weight excluding hydrogens is 250 g/mol. The van der Waals surface area contributed by atoms with Crippen LogP contribution in [-0.2, 0) is 4.74 Å². The Morgan fingerprint density at radius 3 is 2.35 bits per heavy atom. The third-order valence-corrected chi connectivity index (χ3v) is 3.49. The van der Waals surface area contributed by atoms with E-state index in [2.05, 4.69) is 25.7 Å². The molecule has 112 valence electrons. The first-order valence-electron chi connectivity index (χ1n) is 7.66. The molecule has 0 bridgehead atoms. The molecular formula is C17H27NO2. The zero-order valence-electron chi connectivity index (χ0n) is 13.0. The van der Waals surface area contributed by atoms with E-state index in [1.807, 2.05) is 30.3 Å². The lowest BCUT2D eigenvalue weighted by molar-refractivity contribution is 0.0255. The first-order chi connectivity index (χ1) is 9.72. The van der Waals surface area contributed by atoms with Crippen LogP contribution < -0.4 is 0 Å². The van der Waals surface area contributed by atoms with Crippen molar-refractivity contribution < 1.29 is 9.53 Å². The summed E-state index contributed by atoms with van der Waals surface area (Å²) in [6.07, 6.45) is 1.72. The second kappa shape index (κ2) is 9.67. The summed E-state index contributed by atoms with van der Waals surface area (Å²) < 4.78 is 5.84. The zero-order valence-corrected chi connectivity index (χ0v) is 13.0. The molecule has 0 radical (unpaired) electrons. The van der Waals surface area contributed by atoms with E-state index in [9.17, 15) is 4.79 Å². The van der Waals surface area contributed by atoms with E-state index < -0.39 is 0 Å². The largest absolute Gasteiger partial charge is 0.369 e. The highest BCUT2D eigenvalue weighted by molar-refractivity contribution is 5.99. The van der Waals surface area contributed by atoms with Crippen LogP contribution in [0.15, 0.2) is 30.3 Å². The monoisotopic (exact) mass is 277 g/mol. The summed E-state index contributed by atoms with van der Waals surface area (Å²) in [5, 5.41) is 0. The van der Waals surface area contributed by atoms with E-state index in [0.717, 1.165) is 31.5 Å². The highest BCUT2D eigenvalue weighted by Gasteiger charge is 2.22. The van der Waals surface area contributed by atoms with Crippen molar-refractivity contribution >= 4 is 5.78 Å². The van der Waals surface area contributed by atoms with Crippen LogP contribution in [0.2, 0.25) is 0 Å². The normalized spacial score (nSPS) is 12.6. The Morgan fingerprint density at radius 2 is 1.80 bits per heavy atom. The average Bonchev–Trinajstić information content (AvgIpc) is 2.51. The molecule has 1 unspecified atom stereocenters. The number of ketones is 1. The minimum Gasteiger partial charge on any atom is -0.369 e. The second-order valence-electron chi connectivity index (χ2n) is 4.93. The number of rotatable bonds is 10. The summed E-state index contributed by atoms with van der Waals surface area (Å²) in [7, 11) is 0. The number of hydrogen-bond donors (Lipinski definition) is 0. The van der Waals surface area contributed by atoms with Crippen LogP contribution in [-0.4, -0.2) is 43.0 Å². The summed E-state index contributed by atoms with van der Waals surface area (Å²) in [4.78, 5) is 14.8. The molecule has 1 atom stereocenters. The van der Waals surface area contributed by atoms with Gasteiger partial charge >= 0.3 is 0 Å². The smallest absolute Gasteiger partial charge is 0.192 e. The predicted octanol–water partition coefficient (Wildman–Crippen LogP) is 3.40. The number of carbonyl (C=O) groups excluding carboxylic acids is 1. The lowest BCUT2D eigenvalue weighted by Gasteiger charge is -2.24. The van der Waals surface area contributed by atoms with Crippen molar-refractivity contribution in [2.75, 3.05) is 26.2 Å². The fraction of sp³-hybridized carbons (Fsp3) is 0.588. The molecule has 0 saturated heterocycles. The maximum atomic E-state index is 12.6. The van der Waals surface area contributed by atoms with Crippen LogP contribution in [0.25, 0.3) is 0 Å². The SMILES string of the molecule is CCCCOC(CN(CC)CC)C(=O)c1ccccc1. The van der Waals surface area contributed by atoms with Crippen molar-refractivity contribution in [2.24, 2.45) is 0 Å². The lowest BCUT2D eigenvalue weighted by Crippen LogP contribution is -2.39. The Labute approximate surface area is 122 Å². The quantitative estimate of drug-likeness (QED) is 0.485. The van der Waals surface area contributed by atoms with Gasteiger partial charge < -0.3 is 9.64 Å². The molecule has 0 fully saturated rings. The Bertz CT molecular complexity index is 374. The summed E-state index contributed by atoms with van der Waals surface area (Å²) in [6, 6.07) is 9.44. The van der Waals surface area contributed by atoms with Crippen LogP contribution in [0.5, 0.6) is 0 Å². The molecule has 0 spiro atoms. The molecule has 0 amide bonds. The number of Topliss-reactive ketones (excluding diaryl/α,β-unsaturated/α-hetero) is 1. The van der Waals surface area contributed by atoms with Gasteiger partial charge in [-0.15, -0.1) is 0 Å². The van der Waals surface area contributed by atoms with E-state index in [1.54, 1.807) is 0 Å². The Hall–Kier alpha value is -1.19. The maximum absolute atomic E-state index is 12.6. The molecule has 0 aliphatic carbocycles. The van der Waals surface area contributed by atoms with E-state index in [4.69, 9.17) is 4.74 Å². The van der Waals surface area contributed by atoms with Gasteiger partial charge in [0.1, 0.15) is 6.10 Å². The standard InChI is InChI=1S/C17H27NO2/c1-4-7-13-20-16(14-18(5-2)6-3)17(19)15-11-9-8-10-12-15/h8-12,16H,4-7,13-14H2,1-3H3. The highest BCUT2D eigenvalue weighted by Crippen LogP contribution is 2.09. The zero-order chi connectivity index (χ0) is 14.8. The molecule has 1 aromatic carbocycles. The molecule has 1 rings (SSSR count). The van der Waals surface area contributed by atoms with E-state index in [1.165, 1.54) is 0 Å². The Kier molecular flexibility index (Phi) is 8.16. The second-order valence-corrected chi connectivity index (χ2v) is 4.93. The van der Waals surface area contributed by atoms with Crippen molar-refractivity contribution in [3.63, 3.8) is 0 Å². The average molecular weight is 277 g/mol. The van der Waals surface area contributed by atoms with Crippen LogP contribution in [0.1, 0.15) is 44.0 Å². The highest BCUT2D eigenvalue weighted by atomic mass is 16.5.